The van der Waals surface area contributed by atoms with Crippen LogP contribution in [0.4, 0.5) is 9.52 Å². The summed E-state index contributed by atoms with van der Waals surface area (Å²) in [6.45, 7) is 6.85. The Kier molecular flexibility index (Phi) is 7.21. The van der Waals surface area contributed by atoms with Crippen molar-refractivity contribution >= 4 is 39.9 Å². The summed E-state index contributed by atoms with van der Waals surface area (Å²) < 4.78 is 24.1. The van der Waals surface area contributed by atoms with Crippen LogP contribution in [0.2, 0.25) is 0 Å². The van der Waals surface area contributed by atoms with Gasteiger partial charge in [0.15, 0.2) is 5.13 Å². The van der Waals surface area contributed by atoms with Crippen molar-refractivity contribution < 1.29 is 33.4 Å². The van der Waals surface area contributed by atoms with Gasteiger partial charge in [-0.1, -0.05) is 36.1 Å². The van der Waals surface area contributed by atoms with Gasteiger partial charge in [-0.05, 0) is 55.3 Å². The second-order valence-corrected chi connectivity index (χ2v) is 9.18. The lowest BCUT2D eigenvalue weighted by molar-refractivity contribution is -0.132. The number of benzene rings is 2. The Morgan fingerprint density at radius 3 is 2.54 bits per heavy atom. The van der Waals surface area contributed by atoms with Gasteiger partial charge in [-0.2, -0.15) is 0 Å². The molecule has 10 heteroatoms. The third-order valence-corrected chi connectivity index (χ3v) is 6.94. The fraction of sp³-hybridized carbons (Fsp3) is 0.185. The fourth-order valence-corrected chi connectivity index (χ4v) is 5.03. The van der Waals surface area contributed by atoms with E-state index in [2.05, 4.69) is 11.6 Å². The number of methoxy groups -OCH3 is 1. The van der Waals surface area contributed by atoms with Crippen molar-refractivity contribution in [3.63, 3.8) is 0 Å². The van der Waals surface area contributed by atoms with Gasteiger partial charge in [0, 0.05) is 5.56 Å². The van der Waals surface area contributed by atoms with E-state index in [-0.39, 0.29) is 22.2 Å². The van der Waals surface area contributed by atoms with Crippen molar-refractivity contribution in [2.75, 3.05) is 18.6 Å². The van der Waals surface area contributed by atoms with E-state index < -0.39 is 35.3 Å². The van der Waals surface area contributed by atoms with E-state index >= 15 is 0 Å². The third-order valence-electron chi connectivity index (χ3n) is 5.81. The summed E-state index contributed by atoms with van der Waals surface area (Å²) in [6, 6.07) is 8.94. The Balaban J connectivity index is 1.88. The maximum absolute atomic E-state index is 13.7. The molecule has 1 aliphatic rings. The summed E-state index contributed by atoms with van der Waals surface area (Å²) in [5, 5.41) is 11.3. The topological polar surface area (TPSA) is 106 Å². The molecule has 1 amide bonds. The number of aliphatic hydroxyl groups excluding tert-OH is 1. The van der Waals surface area contributed by atoms with Crippen molar-refractivity contribution in [1.82, 2.24) is 4.98 Å². The van der Waals surface area contributed by atoms with Crippen molar-refractivity contribution in [1.29, 1.82) is 0 Å². The van der Waals surface area contributed by atoms with Gasteiger partial charge in [-0.25, -0.2) is 14.2 Å². The summed E-state index contributed by atoms with van der Waals surface area (Å²) in [7, 11) is 1.51. The first-order valence-electron chi connectivity index (χ1n) is 11.1. The second-order valence-electron chi connectivity index (χ2n) is 8.20. The molecule has 8 nitrogen and oxygen atoms in total. The fourth-order valence-electron chi connectivity index (χ4n) is 4.05. The molecular weight excluding hydrogens is 499 g/mol. The van der Waals surface area contributed by atoms with Crippen LogP contribution in [-0.2, 0) is 14.3 Å². The Hall–Kier alpha value is -4.31. The highest BCUT2D eigenvalue weighted by atomic mass is 32.1. The van der Waals surface area contributed by atoms with Crippen LogP contribution in [0.15, 0.2) is 60.7 Å². The molecule has 2 heterocycles. The Labute approximate surface area is 216 Å². The molecule has 0 radical (unpaired) electrons. The van der Waals surface area contributed by atoms with Gasteiger partial charge in [0.05, 0.1) is 24.4 Å². The average molecular weight is 523 g/mol. The van der Waals surface area contributed by atoms with E-state index in [0.717, 1.165) is 16.2 Å². The lowest BCUT2D eigenvalue weighted by atomic mass is 9.95. The zero-order chi connectivity index (χ0) is 26.9. The molecule has 1 N–H and O–H groups in total. The number of esters is 1. The largest absolute Gasteiger partial charge is 0.507 e. The van der Waals surface area contributed by atoms with Gasteiger partial charge in [0.25, 0.3) is 5.78 Å². The minimum absolute atomic E-state index is 0.00707. The molecule has 190 valence electrons. The number of amides is 1. The van der Waals surface area contributed by atoms with Crippen molar-refractivity contribution in [2.24, 2.45) is 0 Å². The molecule has 0 saturated carbocycles. The first kappa shape index (κ1) is 25.8. The summed E-state index contributed by atoms with van der Waals surface area (Å²) in [5.41, 5.74) is 1.49. The van der Waals surface area contributed by atoms with Gasteiger partial charge in [0.2, 0.25) is 0 Å². The molecule has 1 fully saturated rings. The number of hydrogen-bond donors (Lipinski definition) is 1. The Bertz CT molecular complexity index is 1440. The van der Waals surface area contributed by atoms with Crippen LogP contribution in [0.25, 0.3) is 5.76 Å². The van der Waals surface area contributed by atoms with E-state index in [0.29, 0.717) is 28.1 Å². The zero-order valence-corrected chi connectivity index (χ0v) is 21.1. The number of rotatable bonds is 7. The predicted octanol–water partition coefficient (Wildman–Crippen LogP) is 4.88. The number of nitrogens with zero attached hydrogens (tertiary/aromatic N) is 2. The summed E-state index contributed by atoms with van der Waals surface area (Å²) in [4.78, 5) is 44.7. The molecule has 1 aromatic heterocycles. The number of hydrogen-bond acceptors (Lipinski definition) is 8. The summed E-state index contributed by atoms with van der Waals surface area (Å²) in [6.07, 6.45) is 1.42. The van der Waals surface area contributed by atoms with E-state index in [1.54, 1.807) is 32.0 Å². The number of carbonyl (C=O) groups is 3. The van der Waals surface area contributed by atoms with E-state index in [1.165, 1.54) is 37.5 Å². The van der Waals surface area contributed by atoms with Crippen LogP contribution in [0, 0.1) is 19.7 Å². The second kappa shape index (κ2) is 10.4. The van der Waals surface area contributed by atoms with E-state index in [9.17, 15) is 23.9 Å². The number of halogens is 1. The smallest absolute Gasteiger partial charge is 0.350 e. The SMILES string of the molecule is C=CCOC(=O)c1sc(N2C(=O)C(=O)C(=C(O)c3ccc(OC)c(C)c3)C2c2ccc(F)cc2)nc1C. The molecule has 1 unspecified atom stereocenters. The average Bonchev–Trinajstić information content (AvgIpc) is 3.39. The monoisotopic (exact) mass is 522 g/mol. The number of aromatic nitrogens is 1. The minimum atomic E-state index is -1.12. The maximum Gasteiger partial charge on any atom is 0.350 e. The minimum Gasteiger partial charge on any atom is -0.507 e. The number of carbonyl (C=O) groups excluding carboxylic acids is 3. The molecule has 0 bridgehead atoms. The molecular formula is C27H23FN2O6S. The van der Waals surface area contributed by atoms with Crippen LogP contribution in [0.1, 0.15) is 38.1 Å². The first-order valence-corrected chi connectivity index (χ1v) is 12.0. The molecule has 4 rings (SSSR count). The maximum atomic E-state index is 13.7. The number of anilines is 1. The molecule has 1 atom stereocenters. The van der Waals surface area contributed by atoms with Crippen LogP contribution < -0.4 is 9.64 Å². The number of ether oxygens (including phenoxy) is 2. The van der Waals surface area contributed by atoms with E-state index in [4.69, 9.17) is 9.47 Å². The number of aryl methyl sites for hydroxylation is 2. The molecule has 1 aliphatic heterocycles. The number of Topliss-reactive ketones (excluding diaryl/α,β-unsaturated/α-hetero) is 1. The summed E-state index contributed by atoms with van der Waals surface area (Å²) >= 11 is 0.878. The van der Waals surface area contributed by atoms with Gasteiger partial charge in [-0.15, -0.1) is 0 Å². The normalized spacial score (nSPS) is 16.6. The van der Waals surface area contributed by atoms with Gasteiger partial charge >= 0.3 is 11.9 Å². The molecule has 1 saturated heterocycles. The molecule has 0 aliphatic carbocycles. The van der Waals surface area contributed by atoms with Crippen LogP contribution in [-0.4, -0.2) is 41.5 Å². The Morgan fingerprint density at radius 2 is 1.92 bits per heavy atom. The highest BCUT2D eigenvalue weighted by molar-refractivity contribution is 7.17. The van der Waals surface area contributed by atoms with Crippen molar-refractivity contribution in [2.45, 2.75) is 19.9 Å². The van der Waals surface area contributed by atoms with Crippen LogP contribution in [0.3, 0.4) is 0 Å². The van der Waals surface area contributed by atoms with Crippen LogP contribution >= 0.6 is 11.3 Å². The highest BCUT2D eigenvalue weighted by Crippen LogP contribution is 2.44. The predicted molar refractivity (Wildman–Crippen MR) is 136 cm³/mol. The van der Waals surface area contributed by atoms with Crippen molar-refractivity contribution in [3.05, 3.63) is 93.8 Å². The summed E-state index contributed by atoms with van der Waals surface area (Å²) in [5.74, 6) is -2.86. The quantitative estimate of drug-likeness (QED) is 0.155. The van der Waals surface area contributed by atoms with Gasteiger partial charge in [-0.3, -0.25) is 14.5 Å². The lowest BCUT2D eigenvalue weighted by Gasteiger charge is -2.23. The van der Waals surface area contributed by atoms with E-state index in [1.807, 2.05) is 0 Å². The first-order chi connectivity index (χ1) is 17.7. The molecule has 2 aromatic carbocycles. The van der Waals surface area contributed by atoms with Crippen molar-refractivity contribution in [3.8, 4) is 5.75 Å². The lowest BCUT2D eigenvalue weighted by Crippen LogP contribution is -2.29. The van der Waals surface area contributed by atoms with Crippen LogP contribution in [0.5, 0.6) is 5.75 Å². The molecule has 3 aromatic rings. The number of thiazole rings is 1. The standard InChI is InChI=1S/C27H23FN2O6S/c1-5-12-36-26(34)24-15(3)29-27(37-24)30-21(16-6-9-18(28)10-7-16)20(23(32)25(30)33)22(31)17-8-11-19(35-4)14(2)13-17/h5-11,13,21,31H,1,12H2,2-4H3. The Morgan fingerprint density at radius 1 is 1.22 bits per heavy atom. The van der Waals surface area contributed by atoms with Gasteiger partial charge in [0.1, 0.15) is 28.8 Å². The zero-order valence-electron chi connectivity index (χ0n) is 20.3. The molecule has 37 heavy (non-hydrogen) atoms. The molecule has 0 spiro atoms. The number of aliphatic hydroxyl groups is 1. The highest BCUT2D eigenvalue weighted by Gasteiger charge is 2.48. The third kappa shape index (κ3) is 4.75. The van der Waals surface area contributed by atoms with Gasteiger partial charge < -0.3 is 14.6 Å². The number of ketones is 1.